The summed E-state index contributed by atoms with van der Waals surface area (Å²) in [4.78, 5) is 0. The van der Waals surface area contributed by atoms with Crippen LogP contribution in [0.4, 0.5) is 11.4 Å². The van der Waals surface area contributed by atoms with E-state index in [2.05, 4.69) is 118 Å². The van der Waals surface area contributed by atoms with E-state index in [0.717, 1.165) is 0 Å². The molecule has 1 heteroatoms. The highest BCUT2D eigenvalue weighted by Crippen LogP contribution is 2.56. The van der Waals surface area contributed by atoms with Crippen molar-refractivity contribution in [1.29, 1.82) is 0 Å². The van der Waals surface area contributed by atoms with Gasteiger partial charge in [0.1, 0.15) is 0 Å². The summed E-state index contributed by atoms with van der Waals surface area (Å²) in [5.41, 5.74) is 14.6. The number of rotatable bonds is 14. The molecule has 4 aromatic rings. The monoisotopic (exact) mass is 569 g/mol. The minimum Gasteiger partial charge on any atom is -0.356 e. The molecule has 0 radical (unpaired) electrons. The number of hydrogen-bond donors (Lipinski definition) is 1. The molecular formula is C42H51N. The van der Waals surface area contributed by atoms with Crippen LogP contribution in [0.15, 0.2) is 84.9 Å². The van der Waals surface area contributed by atoms with Crippen molar-refractivity contribution in [3.63, 3.8) is 0 Å². The molecule has 1 nitrogen and oxygen atoms in total. The summed E-state index contributed by atoms with van der Waals surface area (Å²) in [5, 5.41) is 3.92. The molecule has 0 amide bonds. The minimum absolute atomic E-state index is 0.116. The summed E-state index contributed by atoms with van der Waals surface area (Å²) in [7, 11) is 0. The van der Waals surface area contributed by atoms with Gasteiger partial charge in [-0.1, -0.05) is 140 Å². The van der Waals surface area contributed by atoms with E-state index in [-0.39, 0.29) is 10.8 Å². The molecule has 0 spiro atoms. The SMILES string of the molecule is CCCCC1(CCCC)c2ccccc2-c2ccc(Nc3ccc4c(c3)C(CCCC)(CCCC)c3ccccc3-4)cc21. The zero-order valence-corrected chi connectivity index (χ0v) is 27.1. The second kappa shape index (κ2) is 12.7. The molecule has 0 atom stereocenters. The number of anilines is 2. The summed E-state index contributed by atoms with van der Waals surface area (Å²) < 4.78 is 0. The number of unbranched alkanes of at least 4 members (excludes halogenated alkanes) is 4. The lowest BCUT2D eigenvalue weighted by atomic mass is 9.70. The first-order valence-corrected chi connectivity index (χ1v) is 17.4. The van der Waals surface area contributed by atoms with Crippen molar-refractivity contribution in [1.82, 2.24) is 0 Å². The van der Waals surface area contributed by atoms with Crippen LogP contribution in [0.25, 0.3) is 22.3 Å². The second-order valence-corrected chi connectivity index (χ2v) is 13.3. The van der Waals surface area contributed by atoms with Crippen LogP contribution < -0.4 is 5.32 Å². The Morgan fingerprint density at radius 1 is 0.419 bits per heavy atom. The fourth-order valence-corrected chi connectivity index (χ4v) is 8.47. The van der Waals surface area contributed by atoms with Crippen molar-refractivity contribution < 1.29 is 0 Å². The van der Waals surface area contributed by atoms with E-state index in [9.17, 15) is 0 Å². The quantitative estimate of drug-likeness (QED) is 0.159. The molecule has 0 unspecified atom stereocenters. The van der Waals surface area contributed by atoms with Crippen LogP contribution in [0.5, 0.6) is 0 Å². The van der Waals surface area contributed by atoms with E-state index in [1.807, 2.05) is 0 Å². The molecule has 0 fully saturated rings. The number of nitrogens with one attached hydrogen (secondary N) is 1. The third-order valence-corrected chi connectivity index (χ3v) is 10.7. The van der Waals surface area contributed by atoms with E-state index in [1.165, 1.54) is 122 Å². The number of fused-ring (bicyclic) bond motifs is 6. The van der Waals surface area contributed by atoms with E-state index in [1.54, 1.807) is 11.1 Å². The largest absolute Gasteiger partial charge is 0.356 e. The zero-order valence-electron chi connectivity index (χ0n) is 27.1. The van der Waals surface area contributed by atoms with Crippen molar-refractivity contribution in [2.75, 3.05) is 5.32 Å². The van der Waals surface area contributed by atoms with Gasteiger partial charge in [-0.2, -0.15) is 0 Å². The van der Waals surface area contributed by atoms with Gasteiger partial charge in [0.25, 0.3) is 0 Å². The Kier molecular flexibility index (Phi) is 8.80. The van der Waals surface area contributed by atoms with Gasteiger partial charge in [0.2, 0.25) is 0 Å². The normalized spacial score (nSPS) is 15.1. The Morgan fingerprint density at radius 2 is 0.767 bits per heavy atom. The Hall–Kier alpha value is -3.32. The molecule has 0 saturated carbocycles. The van der Waals surface area contributed by atoms with Crippen LogP contribution >= 0.6 is 0 Å². The van der Waals surface area contributed by atoms with Gasteiger partial charge >= 0.3 is 0 Å². The van der Waals surface area contributed by atoms with E-state index < -0.39 is 0 Å². The van der Waals surface area contributed by atoms with E-state index in [4.69, 9.17) is 0 Å². The first-order valence-electron chi connectivity index (χ1n) is 17.4. The standard InChI is InChI=1S/C42H51N/c1-5-9-25-41(26-10-6-2)37-19-15-13-17-33(37)35-23-21-31(29-39(35)41)43-32-22-24-36-34-18-14-16-20-38(34)42(27-11-7-3,28-12-8-4)40(36)30-32/h13-24,29-30,43H,5-12,25-28H2,1-4H3. The Labute approximate surface area is 261 Å². The maximum absolute atomic E-state index is 3.92. The lowest BCUT2D eigenvalue weighted by molar-refractivity contribution is 0.414. The molecule has 1 N–H and O–H groups in total. The molecular weight excluding hydrogens is 518 g/mol. The van der Waals surface area contributed by atoms with Crippen molar-refractivity contribution in [2.24, 2.45) is 0 Å². The van der Waals surface area contributed by atoms with Gasteiger partial charge in [0, 0.05) is 22.2 Å². The maximum Gasteiger partial charge on any atom is 0.0387 e. The molecule has 0 saturated heterocycles. The van der Waals surface area contributed by atoms with Gasteiger partial charge in [0.15, 0.2) is 0 Å². The highest BCUT2D eigenvalue weighted by atomic mass is 14.9. The van der Waals surface area contributed by atoms with Crippen molar-refractivity contribution in [2.45, 2.75) is 116 Å². The topological polar surface area (TPSA) is 12.0 Å². The molecule has 0 aliphatic heterocycles. The molecule has 2 aliphatic carbocycles. The van der Waals surface area contributed by atoms with Crippen molar-refractivity contribution in [3.05, 3.63) is 107 Å². The van der Waals surface area contributed by atoms with Crippen LogP contribution in [0.2, 0.25) is 0 Å². The lowest BCUT2D eigenvalue weighted by Crippen LogP contribution is -2.25. The average Bonchev–Trinajstić information content (AvgIpc) is 3.47. The molecule has 0 heterocycles. The van der Waals surface area contributed by atoms with Crippen molar-refractivity contribution >= 4 is 11.4 Å². The Bertz CT molecular complexity index is 1430. The molecule has 6 rings (SSSR count). The van der Waals surface area contributed by atoms with E-state index in [0.29, 0.717) is 0 Å². The molecule has 43 heavy (non-hydrogen) atoms. The van der Waals surface area contributed by atoms with E-state index >= 15 is 0 Å². The highest BCUT2D eigenvalue weighted by Gasteiger charge is 2.43. The Balaban J connectivity index is 1.41. The zero-order chi connectivity index (χ0) is 29.9. The summed E-state index contributed by atoms with van der Waals surface area (Å²) in [6, 6.07) is 32.9. The predicted octanol–water partition coefficient (Wildman–Crippen LogP) is 12.7. The predicted molar refractivity (Wildman–Crippen MR) is 187 cm³/mol. The summed E-state index contributed by atoms with van der Waals surface area (Å²) in [5.74, 6) is 0. The third kappa shape index (κ3) is 5.13. The highest BCUT2D eigenvalue weighted by molar-refractivity contribution is 5.85. The first kappa shape index (κ1) is 29.7. The molecule has 2 aliphatic rings. The maximum atomic E-state index is 3.92. The van der Waals surface area contributed by atoms with Gasteiger partial charge in [-0.05, 0) is 94.5 Å². The lowest BCUT2D eigenvalue weighted by Gasteiger charge is -2.33. The number of hydrogen-bond acceptors (Lipinski definition) is 1. The smallest absolute Gasteiger partial charge is 0.0387 e. The fraction of sp³-hybridized carbons (Fsp3) is 0.429. The Morgan fingerprint density at radius 3 is 1.14 bits per heavy atom. The van der Waals surface area contributed by atoms with Crippen LogP contribution in [0.1, 0.15) is 127 Å². The average molecular weight is 570 g/mol. The van der Waals surface area contributed by atoms with Gasteiger partial charge in [-0.15, -0.1) is 0 Å². The second-order valence-electron chi connectivity index (χ2n) is 13.3. The summed E-state index contributed by atoms with van der Waals surface area (Å²) >= 11 is 0. The minimum atomic E-state index is 0.116. The van der Waals surface area contributed by atoms with Crippen molar-refractivity contribution in [3.8, 4) is 22.3 Å². The first-order chi connectivity index (χ1) is 21.1. The molecule has 0 aromatic heterocycles. The summed E-state index contributed by atoms with van der Waals surface area (Å²) in [6.45, 7) is 9.34. The molecule has 0 bridgehead atoms. The van der Waals surface area contributed by atoms with Gasteiger partial charge in [-0.25, -0.2) is 0 Å². The molecule has 224 valence electrons. The van der Waals surface area contributed by atoms with Crippen LogP contribution in [0, 0.1) is 0 Å². The van der Waals surface area contributed by atoms with Gasteiger partial charge < -0.3 is 5.32 Å². The molecule has 4 aromatic carbocycles. The summed E-state index contributed by atoms with van der Waals surface area (Å²) in [6.07, 6.45) is 14.9. The van der Waals surface area contributed by atoms with Crippen LogP contribution in [-0.2, 0) is 10.8 Å². The van der Waals surface area contributed by atoms with Gasteiger partial charge in [0.05, 0.1) is 0 Å². The third-order valence-electron chi connectivity index (χ3n) is 10.7. The van der Waals surface area contributed by atoms with Gasteiger partial charge in [-0.3, -0.25) is 0 Å². The fourth-order valence-electron chi connectivity index (χ4n) is 8.47. The van der Waals surface area contributed by atoms with Crippen LogP contribution in [0.3, 0.4) is 0 Å². The van der Waals surface area contributed by atoms with Crippen LogP contribution in [-0.4, -0.2) is 0 Å². The number of benzene rings is 4.